The molecule has 0 radical (unpaired) electrons. The van der Waals surface area contributed by atoms with Crippen LogP contribution >= 0.6 is 0 Å². The van der Waals surface area contributed by atoms with E-state index in [1.165, 1.54) is 10.8 Å². The average molecular weight is 425 g/mol. The molecule has 0 aliphatic rings. The van der Waals surface area contributed by atoms with Gasteiger partial charge in [-0.25, -0.2) is 0 Å². The Morgan fingerprint density at radius 1 is 1.00 bits per heavy atom. The number of benzene rings is 3. The van der Waals surface area contributed by atoms with E-state index >= 15 is 0 Å². The van der Waals surface area contributed by atoms with Crippen LogP contribution in [0.5, 0.6) is 5.75 Å². The Kier molecular flexibility index (Phi) is 6.41. The summed E-state index contributed by atoms with van der Waals surface area (Å²) in [7, 11) is 1.60. The molecule has 0 bridgehead atoms. The lowest BCUT2D eigenvalue weighted by Gasteiger charge is -2.06. The Morgan fingerprint density at radius 2 is 1.72 bits per heavy atom. The number of anilines is 1. The van der Waals surface area contributed by atoms with Gasteiger partial charge in [-0.2, -0.15) is 9.67 Å². The van der Waals surface area contributed by atoms with Crippen LogP contribution in [0, 0.1) is 6.92 Å². The van der Waals surface area contributed by atoms with Gasteiger partial charge >= 0.3 is 0 Å². The lowest BCUT2D eigenvalue weighted by molar-refractivity contribution is 0.0957. The van der Waals surface area contributed by atoms with Gasteiger partial charge in [-0.05, 0) is 24.6 Å². The molecular weight excluding hydrogens is 400 g/mol. The fraction of sp³-hybridized carbons (Fsp3) is 0.115. The van der Waals surface area contributed by atoms with Gasteiger partial charge in [0.05, 0.1) is 7.11 Å². The number of methoxy groups -OCH3 is 1. The number of carbonyl (C=O) groups excluding carboxylic acids is 1. The first-order chi connectivity index (χ1) is 15.6. The zero-order valence-corrected chi connectivity index (χ0v) is 18.0. The van der Waals surface area contributed by atoms with Crippen LogP contribution < -0.4 is 10.1 Å². The number of aromatic nitrogens is 3. The van der Waals surface area contributed by atoms with Crippen molar-refractivity contribution < 1.29 is 9.53 Å². The molecular formula is C26H24N4O2. The van der Waals surface area contributed by atoms with Gasteiger partial charge in [-0.1, -0.05) is 78.4 Å². The largest absolute Gasteiger partial charge is 0.496 e. The number of para-hydroxylation sites is 1. The smallest absolute Gasteiger partial charge is 0.274 e. The maximum Gasteiger partial charge on any atom is 0.274 e. The number of nitrogens with one attached hydrogen (secondary N) is 1. The summed E-state index contributed by atoms with van der Waals surface area (Å²) in [5.74, 6) is 1.26. The molecule has 6 nitrogen and oxygen atoms in total. The van der Waals surface area contributed by atoms with Gasteiger partial charge in [-0.15, -0.1) is 5.10 Å². The molecule has 0 unspecified atom stereocenters. The number of hydrogen-bond acceptors (Lipinski definition) is 5. The molecule has 4 rings (SSSR count). The van der Waals surface area contributed by atoms with E-state index in [9.17, 15) is 4.79 Å². The number of rotatable bonds is 7. The molecule has 0 atom stereocenters. The molecule has 32 heavy (non-hydrogen) atoms. The maximum absolute atomic E-state index is 13.0. The van der Waals surface area contributed by atoms with E-state index in [0.717, 1.165) is 22.3 Å². The fourth-order valence-corrected chi connectivity index (χ4v) is 3.22. The summed E-state index contributed by atoms with van der Waals surface area (Å²) in [6.45, 7) is 2.55. The second-order valence-corrected chi connectivity index (χ2v) is 7.29. The van der Waals surface area contributed by atoms with Gasteiger partial charge in [-0.3, -0.25) is 4.79 Å². The lowest BCUT2D eigenvalue weighted by Crippen LogP contribution is -2.14. The third-order valence-electron chi connectivity index (χ3n) is 4.96. The summed E-state index contributed by atoms with van der Waals surface area (Å²) in [6, 6.07) is 25.3. The first-order valence-electron chi connectivity index (χ1n) is 10.3. The summed E-state index contributed by atoms with van der Waals surface area (Å²) in [5.41, 5.74) is 3.88. The van der Waals surface area contributed by atoms with E-state index in [1.54, 1.807) is 13.2 Å². The lowest BCUT2D eigenvalue weighted by atomic mass is 10.1. The Hall–Kier alpha value is -4.19. The van der Waals surface area contributed by atoms with Crippen LogP contribution in [-0.4, -0.2) is 27.8 Å². The van der Waals surface area contributed by atoms with E-state index in [0.29, 0.717) is 24.1 Å². The van der Waals surface area contributed by atoms with Crippen molar-refractivity contribution in [3.8, 4) is 17.1 Å². The van der Waals surface area contributed by atoms with Gasteiger partial charge in [0.25, 0.3) is 5.91 Å². The summed E-state index contributed by atoms with van der Waals surface area (Å²) in [4.78, 5) is 17.6. The van der Waals surface area contributed by atoms with Crippen molar-refractivity contribution in [2.24, 2.45) is 0 Å². The van der Waals surface area contributed by atoms with Crippen LogP contribution in [0.25, 0.3) is 17.5 Å². The molecule has 1 heterocycles. The monoisotopic (exact) mass is 424 g/mol. The predicted octanol–water partition coefficient (Wildman–Crippen LogP) is 5.23. The molecule has 1 N–H and O–H groups in total. The minimum absolute atomic E-state index is 0.308. The Balaban J connectivity index is 1.64. The van der Waals surface area contributed by atoms with Crippen molar-refractivity contribution in [1.82, 2.24) is 14.8 Å². The second-order valence-electron chi connectivity index (χ2n) is 7.29. The predicted molar refractivity (Wildman–Crippen MR) is 127 cm³/mol. The number of hydrogen-bond donors (Lipinski definition) is 1. The van der Waals surface area contributed by atoms with Crippen LogP contribution in [0.4, 0.5) is 5.95 Å². The highest BCUT2D eigenvalue weighted by molar-refractivity contribution is 5.95. The molecule has 0 aliphatic heterocycles. The van der Waals surface area contributed by atoms with E-state index in [-0.39, 0.29) is 5.91 Å². The first-order valence-corrected chi connectivity index (χ1v) is 10.3. The number of nitrogens with zero attached hydrogens (tertiary/aromatic N) is 3. The van der Waals surface area contributed by atoms with Crippen LogP contribution in [0.15, 0.2) is 84.9 Å². The van der Waals surface area contributed by atoms with Crippen LogP contribution in [0.2, 0.25) is 0 Å². The molecule has 0 aliphatic carbocycles. The normalized spacial score (nSPS) is 10.9. The number of carbonyl (C=O) groups is 1. The molecule has 6 heteroatoms. The molecule has 160 valence electrons. The van der Waals surface area contributed by atoms with Crippen LogP contribution in [0.3, 0.4) is 0 Å². The fourth-order valence-electron chi connectivity index (χ4n) is 3.22. The third-order valence-corrected chi connectivity index (χ3v) is 4.96. The minimum Gasteiger partial charge on any atom is -0.496 e. The average Bonchev–Trinajstić information content (AvgIpc) is 3.27. The molecule has 3 aromatic carbocycles. The quantitative estimate of drug-likeness (QED) is 0.412. The molecule has 0 fully saturated rings. The van der Waals surface area contributed by atoms with Gasteiger partial charge in [0.15, 0.2) is 5.82 Å². The van der Waals surface area contributed by atoms with E-state index in [4.69, 9.17) is 4.74 Å². The summed E-state index contributed by atoms with van der Waals surface area (Å²) >= 11 is 0. The number of aryl methyl sites for hydroxylation is 1. The van der Waals surface area contributed by atoms with Crippen LogP contribution in [-0.2, 0) is 6.54 Å². The van der Waals surface area contributed by atoms with Crippen molar-refractivity contribution in [3.05, 3.63) is 102 Å². The molecule has 4 aromatic rings. The van der Waals surface area contributed by atoms with Crippen molar-refractivity contribution in [1.29, 1.82) is 0 Å². The molecule has 0 spiro atoms. The highest BCUT2D eigenvalue weighted by atomic mass is 16.5. The van der Waals surface area contributed by atoms with Crippen molar-refractivity contribution in [2.45, 2.75) is 13.5 Å². The standard InChI is InChI=1S/C26H24N4O2/c1-19-12-14-22(15-13-19)25-28-26(27-18-20-8-4-3-5-9-20)30(29-25)24(31)17-16-21-10-6-7-11-23(21)32-2/h3-17H,18H2,1-2H3,(H,27,28,29). The molecule has 0 saturated heterocycles. The Labute approximate surface area is 187 Å². The zero-order valence-electron chi connectivity index (χ0n) is 18.0. The SMILES string of the molecule is COc1ccccc1C=CC(=O)n1nc(-c2ccc(C)cc2)nc1NCc1ccccc1. The van der Waals surface area contributed by atoms with Crippen molar-refractivity contribution in [3.63, 3.8) is 0 Å². The van der Waals surface area contributed by atoms with Gasteiger partial charge < -0.3 is 10.1 Å². The zero-order chi connectivity index (χ0) is 22.3. The highest BCUT2D eigenvalue weighted by Gasteiger charge is 2.16. The van der Waals surface area contributed by atoms with Crippen LogP contribution in [0.1, 0.15) is 21.5 Å². The molecule has 1 aromatic heterocycles. The first kappa shape index (κ1) is 21.1. The third kappa shape index (κ3) is 4.92. The van der Waals surface area contributed by atoms with Crippen molar-refractivity contribution >= 4 is 17.9 Å². The topological polar surface area (TPSA) is 69.0 Å². The maximum atomic E-state index is 13.0. The van der Waals surface area contributed by atoms with Gasteiger partial charge in [0.1, 0.15) is 5.75 Å². The van der Waals surface area contributed by atoms with Crippen molar-refractivity contribution in [2.75, 3.05) is 12.4 Å². The Bertz CT molecular complexity index is 1230. The highest BCUT2D eigenvalue weighted by Crippen LogP contribution is 2.21. The van der Waals surface area contributed by atoms with E-state index in [1.807, 2.05) is 85.8 Å². The molecule has 0 saturated carbocycles. The second kappa shape index (κ2) is 9.75. The molecule has 0 amide bonds. The number of allylic oxidation sites excluding steroid dienone is 1. The number of ether oxygens (including phenoxy) is 1. The van der Waals surface area contributed by atoms with E-state index < -0.39 is 0 Å². The summed E-state index contributed by atoms with van der Waals surface area (Å²) in [5, 5.41) is 7.73. The van der Waals surface area contributed by atoms with Gasteiger partial charge in [0.2, 0.25) is 5.95 Å². The van der Waals surface area contributed by atoms with E-state index in [2.05, 4.69) is 15.4 Å². The Morgan fingerprint density at radius 3 is 2.47 bits per heavy atom. The van der Waals surface area contributed by atoms with Gasteiger partial charge in [0, 0.05) is 23.7 Å². The minimum atomic E-state index is -0.308. The summed E-state index contributed by atoms with van der Waals surface area (Å²) in [6.07, 6.45) is 3.19. The summed E-state index contributed by atoms with van der Waals surface area (Å²) < 4.78 is 6.65.